The maximum Gasteiger partial charge on any atom is 0.193 e. The van der Waals surface area contributed by atoms with Crippen LogP contribution in [0.2, 0.25) is 0 Å². The van der Waals surface area contributed by atoms with E-state index in [9.17, 15) is 4.79 Å². The molecule has 0 radical (unpaired) electrons. The molecule has 1 aliphatic rings. The number of allylic oxidation sites excluding steroid dienone is 5. The van der Waals surface area contributed by atoms with E-state index >= 15 is 0 Å². The van der Waals surface area contributed by atoms with Gasteiger partial charge in [-0.1, -0.05) is 19.1 Å². The van der Waals surface area contributed by atoms with Gasteiger partial charge >= 0.3 is 0 Å². The molecular weight excluding hydrogens is 308 g/mol. The molecule has 0 unspecified atom stereocenters. The minimum absolute atomic E-state index is 0.0815. The number of hydrogen-bond donors (Lipinski definition) is 0. The Bertz CT molecular complexity index is 668. The van der Waals surface area contributed by atoms with Crippen LogP contribution in [0.5, 0.6) is 0 Å². The average Bonchev–Trinajstić information content (AvgIpc) is 2.91. The lowest BCUT2D eigenvalue weighted by Gasteiger charge is -2.22. The van der Waals surface area contributed by atoms with E-state index in [0.717, 1.165) is 43.6 Å². The number of rotatable bonds is 8. The summed E-state index contributed by atoms with van der Waals surface area (Å²) in [6, 6.07) is 8.00. The molecule has 0 heterocycles. The van der Waals surface area contributed by atoms with Crippen molar-refractivity contribution in [3.05, 3.63) is 65.4 Å². The number of carbonyl (C=O) groups excluding carboxylic acids is 1. The third-order valence-electron chi connectivity index (χ3n) is 4.68. The molecule has 0 atom stereocenters. The van der Waals surface area contributed by atoms with E-state index < -0.39 is 0 Å². The average molecular weight is 338 g/mol. The fourth-order valence-electron chi connectivity index (χ4n) is 2.98. The Kier molecular flexibility index (Phi) is 7.05. The number of nitrogens with zero attached hydrogens (tertiary/aromatic N) is 2. The molecule has 1 aromatic carbocycles. The van der Waals surface area contributed by atoms with Crippen molar-refractivity contribution in [1.29, 1.82) is 0 Å². The van der Waals surface area contributed by atoms with Crippen molar-refractivity contribution >= 4 is 11.5 Å². The van der Waals surface area contributed by atoms with Crippen LogP contribution in [0.4, 0.5) is 5.69 Å². The van der Waals surface area contributed by atoms with E-state index in [4.69, 9.17) is 0 Å². The number of anilines is 1. The van der Waals surface area contributed by atoms with Crippen LogP contribution >= 0.6 is 0 Å². The number of Topliss-reactive ketones (excluding diaryl/α,β-unsaturated/α-hetero) is 1. The van der Waals surface area contributed by atoms with E-state index in [1.54, 1.807) is 0 Å². The minimum Gasteiger partial charge on any atom is -0.378 e. The van der Waals surface area contributed by atoms with Crippen LogP contribution in [0, 0.1) is 0 Å². The van der Waals surface area contributed by atoms with Crippen LogP contribution in [0.15, 0.2) is 59.8 Å². The molecule has 0 fully saturated rings. The lowest BCUT2D eigenvalue weighted by atomic mass is 10.0. The summed E-state index contributed by atoms with van der Waals surface area (Å²) in [5, 5.41) is 0. The lowest BCUT2D eigenvalue weighted by molar-refractivity contribution is 0.103. The first-order valence-corrected chi connectivity index (χ1v) is 9.28. The van der Waals surface area contributed by atoms with Gasteiger partial charge in [0.2, 0.25) is 0 Å². The zero-order chi connectivity index (χ0) is 18.2. The van der Waals surface area contributed by atoms with Gasteiger partial charge in [0.15, 0.2) is 5.78 Å². The van der Waals surface area contributed by atoms with Gasteiger partial charge in [0.25, 0.3) is 0 Å². The van der Waals surface area contributed by atoms with E-state index in [1.807, 2.05) is 24.3 Å². The Morgan fingerprint density at radius 1 is 1.04 bits per heavy atom. The summed E-state index contributed by atoms with van der Waals surface area (Å²) in [7, 11) is 2.08. The third-order valence-corrected chi connectivity index (χ3v) is 4.68. The van der Waals surface area contributed by atoms with Crippen molar-refractivity contribution in [2.45, 2.75) is 33.6 Å². The van der Waals surface area contributed by atoms with Gasteiger partial charge in [-0.3, -0.25) is 4.79 Å². The number of benzene rings is 1. The highest BCUT2D eigenvalue weighted by Crippen LogP contribution is 2.20. The molecule has 0 aromatic heterocycles. The van der Waals surface area contributed by atoms with E-state index in [2.05, 4.69) is 61.9 Å². The Balaban J connectivity index is 2.17. The maximum atomic E-state index is 12.8. The van der Waals surface area contributed by atoms with Gasteiger partial charge in [-0.15, -0.1) is 0 Å². The molecule has 0 amide bonds. The second kappa shape index (κ2) is 9.26. The topological polar surface area (TPSA) is 23.6 Å². The Morgan fingerprint density at radius 3 is 2.36 bits per heavy atom. The summed E-state index contributed by atoms with van der Waals surface area (Å²) < 4.78 is 0. The highest BCUT2D eigenvalue weighted by molar-refractivity contribution is 6.10. The third kappa shape index (κ3) is 4.85. The molecule has 3 heteroatoms. The quantitative estimate of drug-likeness (QED) is 0.634. The molecule has 134 valence electrons. The SMILES string of the molecule is CCCN(CC)c1ccc(C(=O)C2=CC=C(N(C)CC)CC=C2)cc1. The summed E-state index contributed by atoms with van der Waals surface area (Å²) >= 11 is 0. The standard InChI is InChI=1S/C22H30N2O/c1-5-17-24(7-3)21-15-12-19(13-16-21)22(25)18-9-8-10-20(14-11-18)23(4)6-2/h8-9,11-16H,5-7,10,17H2,1-4H3. The Morgan fingerprint density at radius 2 is 1.76 bits per heavy atom. The zero-order valence-electron chi connectivity index (χ0n) is 16.0. The van der Waals surface area contributed by atoms with E-state index in [0.29, 0.717) is 0 Å². The van der Waals surface area contributed by atoms with Crippen molar-refractivity contribution in [2.24, 2.45) is 0 Å². The molecule has 0 aliphatic heterocycles. The second-order valence-corrected chi connectivity index (χ2v) is 6.36. The summed E-state index contributed by atoms with van der Waals surface area (Å²) in [5.41, 5.74) is 3.90. The molecule has 1 aromatic rings. The van der Waals surface area contributed by atoms with Crippen LogP contribution < -0.4 is 4.90 Å². The lowest BCUT2D eigenvalue weighted by Crippen LogP contribution is -2.23. The summed E-state index contributed by atoms with van der Waals surface area (Å²) in [4.78, 5) is 17.3. The van der Waals surface area contributed by atoms with Gasteiger partial charge in [-0.25, -0.2) is 0 Å². The van der Waals surface area contributed by atoms with Gasteiger partial charge in [0.1, 0.15) is 0 Å². The fourth-order valence-corrected chi connectivity index (χ4v) is 2.98. The molecule has 2 rings (SSSR count). The molecular formula is C22H30N2O. The zero-order valence-corrected chi connectivity index (χ0v) is 16.0. The van der Waals surface area contributed by atoms with Gasteiger partial charge in [-0.05, 0) is 56.7 Å². The smallest absolute Gasteiger partial charge is 0.193 e. The summed E-state index contributed by atoms with van der Waals surface area (Å²) in [5.74, 6) is 0.0815. The largest absolute Gasteiger partial charge is 0.378 e. The summed E-state index contributed by atoms with van der Waals surface area (Å²) in [6.45, 7) is 9.45. The first-order chi connectivity index (χ1) is 12.1. The van der Waals surface area contributed by atoms with Gasteiger partial charge < -0.3 is 9.80 Å². The Hall–Kier alpha value is -2.29. The number of ketones is 1. The van der Waals surface area contributed by atoms with Crippen molar-refractivity contribution in [3.63, 3.8) is 0 Å². The molecule has 0 spiro atoms. The molecule has 0 bridgehead atoms. The van der Waals surface area contributed by atoms with Gasteiger partial charge in [0.05, 0.1) is 0 Å². The van der Waals surface area contributed by atoms with Gasteiger partial charge in [0, 0.05) is 55.6 Å². The first-order valence-electron chi connectivity index (χ1n) is 9.28. The molecule has 0 saturated carbocycles. The van der Waals surface area contributed by atoms with Crippen LogP contribution in [0.25, 0.3) is 0 Å². The van der Waals surface area contributed by atoms with E-state index in [1.165, 1.54) is 11.4 Å². The predicted molar refractivity (Wildman–Crippen MR) is 107 cm³/mol. The maximum absolute atomic E-state index is 12.8. The predicted octanol–water partition coefficient (Wildman–Crippen LogP) is 4.83. The van der Waals surface area contributed by atoms with Gasteiger partial charge in [-0.2, -0.15) is 0 Å². The van der Waals surface area contributed by atoms with Crippen molar-refractivity contribution in [3.8, 4) is 0 Å². The van der Waals surface area contributed by atoms with Crippen LogP contribution in [-0.4, -0.2) is 37.4 Å². The molecule has 0 N–H and O–H groups in total. The highest BCUT2D eigenvalue weighted by atomic mass is 16.1. The van der Waals surface area contributed by atoms with Crippen LogP contribution in [0.1, 0.15) is 44.0 Å². The van der Waals surface area contributed by atoms with E-state index in [-0.39, 0.29) is 5.78 Å². The summed E-state index contributed by atoms with van der Waals surface area (Å²) in [6.07, 6.45) is 10.00. The fraction of sp³-hybridized carbons (Fsp3) is 0.409. The Labute approximate surface area is 152 Å². The molecule has 1 aliphatic carbocycles. The van der Waals surface area contributed by atoms with Crippen LogP contribution in [0.3, 0.4) is 0 Å². The molecule has 25 heavy (non-hydrogen) atoms. The molecule has 3 nitrogen and oxygen atoms in total. The number of hydrogen-bond acceptors (Lipinski definition) is 3. The molecule has 0 saturated heterocycles. The van der Waals surface area contributed by atoms with Crippen LogP contribution in [-0.2, 0) is 0 Å². The first kappa shape index (κ1) is 19.0. The van der Waals surface area contributed by atoms with Crippen molar-refractivity contribution in [1.82, 2.24) is 4.90 Å². The second-order valence-electron chi connectivity index (χ2n) is 6.36. The number of carbonyl (C=O) groups is 1. The highest BCUT2D eigenvalue weighted by Gasteiger charge is 2.12. The van der Waals surface area contributed by atoms with Crippen molar-refractivity contribution < 1.29 is 4.79 Å². The minimum atomic E-state index is 0.0815. The van der Waals surface area contributed by atoms with Crippen molar-refractivity contribution in [2.75, 3.05) is 31.6 Å². The normalized spacial score (nSPS) is 13.8. The monoisotopic (exact) mass is 338 g/mol.